The fourth-order valence-electron chi connectivity index (χ4n) is 1.49. The maximum absolute atomic E-state index is 8.76. The summed E-state index contributed by atoms with van der Waals surface area (Å²) in [5, 5.41) is 9.87. The van der Waals surface area contributed by atoms with Crippen molar-refractivity contribution in [3.8, 4) is 18.4 Å². The van der Waals surface area contributed by atoms with Gasteiger partial charge in [0.05, 0.1) is 23.7 Å². The van der Waals surface area contributed by atoms with Gasteiger partial charge in [0, 0.05) is 6.20 Å². The van der Waals surface area contributed by atoms with Gasteiger partial charge in [0.1, 0.15) is 0 Å². The van der Waals surface area contributed by atoms with E-state index in [0.29, 0.717) is 12.1 Å². The molecule has 0 unspecified atom stereocenters. The molecule has 1 aromatic carbocycles. The zero-order chi connectivity index (χ0) is 9.97. The fraction of sp³-hybridized carbons (Fsp3) is 0.0833. The van der Waals surface area contributed by atoms with E-state index >= 15 is 0 Å². The molecule has 66 valence electrons. The van der Waals surface area contributed by atoms with Gasteiger partial charge in [-0.2, -0.15) is 5.26 Å². The quantitative estimate of drug-likeness (QED) is 0.618. The topological polar surface area (TPSA) is 28.7 Å². The molecule has 0 aliphatic heterocycles. The van der Waals surface area contributed by atoms with Crippen LogP contribution in [0.25, 0.3) is 10.9 Å². The van der Waals surface area contributed by atoms with Crippen LogP contribution in [0.15, 0.2) is 30.5 Å². The lowest BCUT2D eigenvalue weighted by Crippen LogP contribution is -1.92. The summed E-state index contributed by atoms with van der Waals surface area (Å²) in [5.41, 5.74) is 1.68. The Balaban J connectivity index is 2.66. The summed E-state index contributed by atoms with van der Waals surface area (Å²) in [4.78, 5) is 0. The molecular formula is C12H8N2. The van der Waals surface area contributed by atoms with Gasteiger partial charge in [0.25, 0.3) is 0 Å². The van der Waals surface area contributed by atoms with Gasteiger partial charge in [-0.1, -0.05) is 12.0 Å². The van der Waals surface area contributed by atoms with Gasteiger partial charge < -0.3 is 4.57 Å². The Labute approximate surface area is 82.4 Å². The van der Waals surface area contributed by atoms with E-state index in [-0.39, 0.29) is 0 Å². The van der Waals surface area contributed by atoms with Gasteiger partial charge >= 0.3 is 0 Å². The highest BCUT2D eigenvalue weighted by molar-refractivity contribution is 5.81. The molecule has 2 heteroatoms. The summed E-state index contributed by atoms with van der Waals surface area (Å²) >= 11 is 0. The molecule has 2 aromatic rings. The predicted octanol–water partition coefficient (Wildman–Crippen LogP) is 2.15. The number of rotatable bonds is 1. The molecule has 0 aliphatic carbocycles. The Morgan fingerprint density at radius 2 is 2.21 bits per heavy atom. The van der Waals surface area contributed by atoms with Gasteiger partial charge in [-0.25, -0.2) is 0 Å². The number of nitrogens with zero attached hydrogens (tertiary/aromatic N) is 2. The summed E-state index contributed by atoms with van der Waals surface area (Å²) in [5.74, 6) is 2.58. The van der Waals surface area contributed by atoms with Gasteiger partial charge in [-0.05, 0) is 23.6 Å². The van der Waals surface area contributed by atoms with Crippen LogP contribution in [-0.2, 0) is 6.54 Å². The minimum Gasteiger partial charge on any atom is -0.336 e. The number of aromatic nitrogens is 1. The monoisotopic (exact) mass is 180 g/mol. The van der Waals surface area contributed by atoms with E-state index in [2.05, 4.69) is 12.0 Å². The molecule has 1 aromatic heterocycles. The first-order chi connectivity index (χ1) is 6.85. The molecule has 0 aliphatic rings. The molecule has 0 atom stereocenters. The molecule has 0 amide bonds. The van der Waals surface area contributed by atoms with Crippen molar-refractivity contribution < 1.29 is 0 Å². The number of nitriles is 1. The van der Waals surface area contributed by atoms with E-state index in [0.717, 1.165) is 10.9 Å². The van der Waals surface area contributed by atoms with Crippen LogP contribution in [0.2, 0.25) is 0 Å². The Hall–Kier alpha value is -2.19. The van der Waals surface area contributed by atoms with E-state index in [9.17, 15) is 0 Å². The third-order valence-electron chi connectivity index (χ3n) is 2.16. The van der Waals surface area contributed by atoms with Crippen LogP contribution in [-0.4, -0.2) is 4.57 Å². The van der Waals surface area contributed by atoms with Crippen molar-refractivity contribution in [2.24, 2.45) is 0 Å². The average Bonchev–Trinajstić information content (AvgIpc) is 2.61. The molecular weight excluding hydrogens is 172 g/mol. The summed E-state index contributed by atoms with van der Waals surface area (Å²) in [6, 6.07) is 9.70. The standard InChI is InChI=1S/C12H8N2/c1-2-6-14-7-5-11-4-3-10(9-13)8-12(11)14/h1,3-5,7-8H,6H2. The molecule has 1 heterocycles. The Bertz CT molecular complexity index is 550. The Morgan fingerprint density at radius 1 is 1.36 bits per heavy atom. The van der Waals surface area contributed by atoms with Crippen molar-refractivity contribution in [2.75, 3.05) is 0 Å². The number of hydrogen-bond donors (Lipinski definition) is 0. The molecule has 0 fully saturated rings. The summed E-state index contributed by atoms with van der Waals surface area (Å²) in [6.45, 7) is 0.540. The zero-order valence-corrected chi connectivity index (χ0v) is 7.57. The highest BCUT2D eigenvalue weighted by Gasteiger charge is 2.00. The van der Waals surface area contributed by atoms with Gasteiger partial charge in [-0.15, -0.1) is 6.42 Å². The molecule has 0 spiro atoms. The highest BCUT2D eigenvalue weighted by atomic mass is 14.9. The van der Waals surface area contributed by atoms with Crippen molar-refractivity contribution in [3.63, 3.8) is 0 Å². The van der Waals surface area contributed by atoms with Crippen molar-refractivity contribution in [1.29, 1.82) is 5.26 Å². The lowest BCUT2D eigenvalue weighted by molar-refractivity contribution is 0.886. The first kappa shape index (κ1) is 8.41. The maximum atomic E-state index is 8.76. The Morgan fingerprint density at radius 3 is 2.93 bits per heavy atom. The normalized spacial score (nSPS) is 9.57. The minimum absolute atomic E-state index is 0.540. The second kappa shape index (κ2) is 3.28. The number of fused-ring (bicyclic) bond motifs is 1. The third-order valence-corrected chi connectivity index (χ3v) is 2.16. The molecule has 0 saturated heterocycles. The summed E-state index contributed by atoms with van der Waals surface area (Å²) in [7, 11) is 0. The van der Waals surface area contributed by atoms with Crippen LogP contribution >= 0.6 is 0 Å². The molecule has 2 rings (SSSR count). The van der Waals surface area contributed by atoms with Crippen LogP contribution in [0.4, 0.5) is 0 Å². The number of hydrogen-bond acceptors (Lipinski definition) is 1. The molecule has 0 saturated carbocycles. The van der Waals surface area contributed by atoms with E-state index in [1.807, 2.05) is 35.0 Å². The summed E-state index contributed by atoms with van der Waals surface area (Å²) < 4.78 is 1.95. The minimum atomic E-state index is 0.540. The fourth-order valence-corrected chi connectivity index (χ4v) is 1.49. The second-order valence-corrected chi connectivity index (χ2v) is 3.03. The van der Waals surface area contributed by atoms with Crippen LogP contribution in [0.5, 0.6) is 0 Å². The lowest BCUT2D eigenvalue weighted by Gasteiger charge is -1.99. The third kappa shape index (κ3) is 1.24. The van der Waals surface area contributed by atoms with Crippen LogP contribution < -0.4 is 0 Å². The molecule has 0 N–H and O–H groups in total. The van der Waals surface area contributed by atoms with Gasteiger partial charge in [0.15, 0.2) is 0 Å². The first-order valence-electron chi connectivity index (χ1n) is 4.27. The highest BCUT2D eigenvalue weighted by Crippen LogP contribution is 2.16. The lowest BCUT2D eigenvalue weighted by atomic mass is 10.2. The molecule has 0 radical (unpaired) electrons. The van der Waals surface area contributed by atoms with Crippen molar-refractivity contribution in [2.45, 2.75) is 6.54 Å². The van der Waals surface area contributed by atoms with E-state index < -0.39 is 0 Å². The first-order valence-corrected chi connectivity index (χ1v) is 4.27. The average molecular weight is 180 g/mol. The largest absolute Gasteiger partial charge is 0.336 e. The van der Waals surface area contributed by atoms with Gasteiger partial charge in [0.2, 0.25) is 0 Å². The smallest absolute Gasteiger partial charge is 0.0992 e. The second-order valence-electron chi connectivity index (χ2n) is 3.03. The Kier molecular flexibility index (Phi) is 1.97. The van der Waals surface area contributed by atoms with Crippen molar-refractivity contribution >= 4 is 10.9 Å². The van der Waals surface area contributed by atoms with Crippen molar-refractivity contribution in [1.82, 2.24) is 4.57 Å². The SMILES string of the molecule is C#CCn1ccc2ccc(C#N)cc21. The van der Waals surface area contributed by atoms with Crippen LogP contribution in [0.3, 0.4) is 0 Å². The van der Waals surface area contributed by atoms with Crippen LogP contribution in [0.1, 0.15) is 5.56 Å². The maximum Gasteiger partial charge on any atom is 0.0992 e. The van der Waals surface area contributed by atoms with E-state index in [1.165, 1.54) is 0 Å². The van der Waals surface area contributed by atoms with E-state index in [4.69, 9.17) is 11.7 Å². The molecule has 14 heavy (non-hydrogen) atoms. The number of terminal acetylenes is 1. The molecule has 0 bridgehead atoms. The summed E-state index contributed by atoms with van der Waals surface area (Å²) in [6.07, 6.45) is 7.18. The van der Waals surface area contributed by atoms with Gasteiger partial charge in [-0.3, -0.25) is 0 Å². The van der Waals surface area contributed by atoms with Crippen molar-refractivity contribution in [3.05, 3.63) is 36.0 Å². The van der Waals surface area contributed by atoms with E-state index in [1.54, 1.807) is 0 Å². The molecule has 2 nitrogen and oxygen atoms in total. The zero-order valence-electron chi connectivity index (χ0n) is 7.57. The van der Waals surface area contributed by atoms with Crippen LogP contribution in [0, 0.1) is 23.7 Å². The number of benzene rings is 1. The predicted molar refractivity (Wildman–Crippen MR) is 55.5 cm³/mol.